The van der Waals surface area contributed by atoms with Gasteiger partial charge in [0.1, 0.15) is 5.69 Å². The number of aliphatic hydroxyl groups is 1. The molecule has 126 valence electrons. The predicted octanol–water partition coefficient (Wildman–Crippen LogP) is 2.33. The molecule has 3 N–H and O–H groups in total. The van der Waals surface area contributed by atoms with Crippen LogP contribution in [0.15, 0.2) is 24.3 Å². The Morgan fingerprint density at radius 2 is 2.12 bits per heavy atom. The Morgan fingerprint density at radius 3 is 2.79 bits per heavy atom. The van der Waals surface area contributed by atoms with E-state index in [-0.39, 0.29) is 30.5 Å². The van der Waals surface area contributed by atoms with Crippen LogP contribution < -0.4 is 10.6 Å². The number of rotatable bonds is 2. The molecule has 1 fully saturated rings. The fraction of sp³-hybridized carbons (Fsp3) is 0.412. The summed E-state index contributed by atoms with van der Waals surface area (Å²) in [5.74, 6) is -2.71. The second kappa shape index (κ2) is 5.11. The van der Waals surface area contributed by atoms with Crippen molar-refractivity contribution in [2.45, 2.75) is 37.8 Å². The van der Waals surface area contributed by atoms with Crippen LogP contribution >= 0.6 is 0 Å². The summed E-state index contributed by atoms with van der Waals surface area (Å²) in [4.78, 5) is 10.4. The fourth-order valence-corrected chi connectivity index (χ4v) is 3.32. The summed E-state index contributed by atoms with van der Waals surface area (Å²) in [6.45, 7) is 2.17. The highest BCUT2D eigenvalue weighted by molar-refractivity contribution is 5.70. The van der Waals surface area contributed by atoms with Gasteiger partial charge < -0.3 is 15.7 Å². The number of aromatic nitrogens is 2. The molecule has 0 amide bonds. The topological polar surface area (TPSA) is 75.3 Å². The monoisotopic (exact) mass is 332 g/mol. The number of fused-ring (bicyclic) bond motifs is 1. The third-order valence-electron chi connectivity index (χ3n) is 4.88. The van der Waals surface area contributed by atoms with Gasteiger partial charge in [0.2, 0.25) is 5.95 Å². The largest absolute Gasteiger partial charge is 0.399 e. The van der Waals surface area contributed by atoms with Gasteiger partial charge in [-0.3, -0.25) is 0 Å². The second-order valence-electron chi connectivity index (χ2n) is 6.49. The van der Waals surface area contributed by atoms with Crippen molar-refractivity contribution in [2.24, 2.45) is 0 Å². The van der Waals surface area contributed by atoms with Crippen molar-refractivity contribution in [3.05, 3.63) is 35.5 Å². The summed E-state index contributed by atoms with van der Waals surface area (Å²) < 4.78 is 28.5. The molecule has 0 saturated carbocycles. The van der Waals surface area contributed by atoms with Gasteiger partial charge in [0.05, 0.1) is 17.8 Å². The van der Waals surface area contributed by atoms with Gasteiger partial charge in [0.15, 0.2) is 0 Å². The Bertz CT molecular complexity index is 811. The molecule has 1 saturated heterocycles. The quantitative estimate of drug-likeness (QED) is 0.826. The number of benzene rings is 1. The molecule has 7 heteroatoms. The highest BCUT2D eigenvalue weighted by Crippen LogP contribution is 2.44. The lowest BCUT2D eigenvalue weighted by molar-refractivity contribution is -0.00603. The molecule has 24 heavy (non-hydrogen) atoms. The van der Waals surface area contributed by atoms with E-state index in [4.69, 9.17) is 5.73 Å². The van der Waals surface area contributed by atoms with Crippen LogP contribution in [0.1, 0.15) is 24.6 Å². The average molecular weight is 332 g/mol. The maximum absolute atomic E-state index is 14.3. The second-order valence-corrected chi connectivity index (χ2v) is 6.49. The molecule has 1 aromatic carbocycles. The minimum atomic E-state index is -2.95. The molecule has 1 aliphatic heterocycles. The van der Waals surface area contributed by atoms with E-state index >= 15 is 0 Å². The molecular formula is C17H18F2N4O. The van der Waals surface area contributed by atoms with E-state index in [1.54, 1.807) is 23.1 Å². The molecule has 2 unspecified atom stereocenters. The first-order valence-electron chi connectivity index (χ1n) is 7.96. The van der Waals surface area contributed by atoms with Crippen molar-refractivity contribution in [3.8, 4) is 11.3 Å². The summed E-state index contributed by atoms with van der Waals surface area (Å²) in [5, 5.41) is 9.71. The van der Waals surface area contributed by atoms with Gasteiger partial charge in [-0.2, -0.15) is 8.78 Å². The molecule has 1 aliphatic carbocycles. The number of hydrogen-bond donors (Lipinski definition) is 2. The lowest BCUT2D eigenvalue weighted by Gasteiger charge is -2.43. The van der Waals surface area contributed by atoms with E-state index in [1.165, 1.54) is 0 Å². The highest BCUT2D eigenvalue weighted by Gasteiger charge is 2.45. The Kier molecular flexibility index (Phi) is 3.25. The lowest BCUT2D eigenvalue weighted by Crippen LogP contribution is -2.59. The summed E-state index contributed by atoms with van der Waals surface area (Å²) in [5.41, 5.74) is 7.90. The number of hydrogen-bond acceptors (Lipinski definition) is 5. The molecule has 2 aliphatic rings. The number of nitrogens with zero attached hydrogens (tertiary/aromatic N) is 3. The number of aliphatic hydroxyl groups excluding tert-OH is 1. The highest BCUT2D eigenvalue weighted by atomic mass is 19.3. The first kappa shape index (κ1) is 15.3. The van der Waals surface area contributed by atoms with Crippen LogP contribution in [0.2, 0.25) is 0 Å². The van der Waals surface area contributed by atoms with Gasteiger partial charge in [-0.1, -0.05) is 12.1 Å². The Labute approximate surface area is 138 Å². The van der Waals surface area contributed by atoms with E-state index in [0.29, 0.717) is 29.1 Å². The predicted molar refractivity (Wildman–Crippen MR) is 86.9 cm³/mol. The summed E-state index contributed by atoms with van der Waals surface area (Å²) in [6, 6.07) is 6.88. The van der Waals surface area contributed by atoms with Crippen LogP contribution in [-0.4, -0.2) is 33.8 Å². The zero-order chi connectivity index (χ0) is 17.1. The van der Waals surface area contributed by atoms with E-state index < -0.39 is 12.0 Å². The molecule has 0 bridgehead atoms. The molecule has 0 radical (unpaired) electrons. The van der Waals surface area contributed by atoms with E-state index in [9.17, 15) is 13.9 Å². The summed E-state index contributed by atoms with van der Waals surface area (Å²) >= 11 is 0. The normalized spacial score (nSPS) is 24.6. The van der Waals surface area contributed by atoms with E-state index in [0.717, 1.165) is 0 Å². The Morgan fingerprint density at radius 1 is 1.33 bits per heavy atom. The molecule has 2 aromatic rings. The number of nitrogen functional groups attached to an aromatic ring is 1. The maximum atomic E-state index is 14.3. The number of halogens is 2. The van der Waals surface area contributed by atoms with Gasteiger partial charge in [-0.25, -0.2) is 9.97 Å². The molecule has 1 aromatic heterocycles. The number of nitrogens with two attached hydrogens (primary N) is 1. The van der Waals surface area contributed by atoms with Crippen LogP contribution in [-0.2, 0) is 12.3 Å². The van der Waals surface area contributed by atoms with Crippen LogP contribution in [0.5, 0.6) is 0 Å². The molecule has 2 heterocycles. The van der Waals surface area contributed by atoms with E-state index in [2.05, 4.69) is 9.97 Å². The zero-order valence-electron chi connectivity index (χ0n) is 13.2. The standard InChI is InChI=1S/C17H18F2N4O/c1-9-13(24)8-23(9)16-21-14(10-3-2-4-11(20)7-10)12-5-6-17(18,19)15(12)22-16/h2-4,7,9,13,24H,5-6,8,20H2,1H3. The van der Waals surface area contributed by atoms with Gasteiger partial charge in [-0.05, 0) is 25.5 Å². The molecule has 2 atom stereocenters. The van der Waals surface area contributed by atoms with Gasteiger partial charge in [-0.15, -0.1) is 0 Å². The summed E-state index contributed by atoms with van der Waals surface area (Å²) in [6.07, 6.45) is -0.503. The first-order valence-corrected chi connectivity index (χ1v) is 7.96. The number of anilines is 2. The lowest BCUT2D eigenvalue weighted by atomic mass is 10.0. The van der Waals surface area contributed by atoms with Gasteiger partial charge >= 0.3 is 0 Å². The van der Waals surface area contributed by atoms with Gasteiger partial charge in [0.25, 0.3) is 5.92 Å². The third-order valence-corrected chi connectivity index (χ3v) is 4.88. The van der Waals surface area contributed by atoms with E-state index in [1.807, 2.05) is 13.0 Å². The molecule has 4 rings (SSSR count). The van der Waals surface area contributed by atoms with Crippen LogP contribution in [0.25, 0.3) is 11.3 Å². The van der Waals surface area contributed by atoms with Crippen molar-refractivity contribution in [2.75, 3.05) is 17.2 Å². The average Bonchev–Trinajstić information content (AvgIpc) is 2.86. The molecular weight excluding hydrogens is 314 g/mol. The zero-order valence-corrected chi connectivity index (χ0v) is 13.2. The summed E-state index contributed by atoms with van der Waals surface area (Å²) in [7, 11) is 0. The van der Waals surface area contributed by atoms with Crippen molar-refractivity contribution in [3.63, 3.8) is 0 Å². The van der Waals surface area contributed by atoms with Crippen molar-refractivity contribution >= 4 is 11.6 Å². The van der Waals surface area contributed by atoms with Crippen molar-refractivity contribution in [1.82, 2.24) is 9.97 Å². The molecule has 5 nitrogen and oxygen atoms in total. The maximum Gasteiger partial charge on any atom is 0.290 e. The third kappa shape index (κ3) is 2.23. The molecule has 0 spiro atoms. The first-order chi connectivity index (χ1) is 11.4. The fourth-order valence-electron chi connectivity index (χ4n) is 3.32. The smallest absolute Gasteiger partial charge is 0.290 e. The minimum Gasteiger partial charge on any atom is -0.399 e. The van der Waals surface area contributed by atoms with Gasteiger partial charge in [0, 0.05) is 29.8 Å². The number of alkyl halides is 2. The Hall–Kier alpha value is -2.28. The van der Waals surface area contributed by atoms with Crippen LogP contribution in [0.4, 0.5) is 20.4 Å². The van der Waals surface area contributed by atoms with Crippen LogP contribution in [0, 0.1) is 0 Å². The Balaban J connectivity index is 1.88. The SMILES string of the molecule is CC1C(O)CN1c1nc(-c2cccc(N)c2)c2c(n1)C(F)(F)CC2. The van der Waals surface area contributed by atoms with Crippen molar-refractivity contribution < 1.29 is 13.9 Å². The number of β-amino-alcohol motifs (C(OH)–C–C–N with tert-alkyl or cyclic N) is 1. The minimum absolute atomic E-state index is 0.188. The van der Waals surface area contributed by atoms with Crippen molar-refractivity contribution in [1.29, 1.82) is 0 Å². The van der Waals surface area contributed by atoms with Crippen LogP contribution in [0.3, 0.4) is 0 Å².